The molecule has 0 aliphatic carbocycles. The number of halogens is 1. The van der Waals surface area contributed by atoms with Crippen LogP contribution in [0, 0.1) is 2.88 Å². The van der Waals surface area contributed by atoms with Crippen molar-refractivity contribution in [2.75, 3.05) is 0 Å². The van der Waals surface area contributed by atoms with Crippen molar-refractivity contribution in [3.8, 4) is 11.3 Å². The monoisotopic (exact) mass is 505 g/mol. The van der Waals surface area contributed by atoms with E-state index in [1.807, 2.05) is 17.5 Å². The number of nitrogens with zero attached hydrogens (tertiary/aromatic N) is 1. The molecule has 0 atom stereocenters. The zero-order chi connectivity index (χ0) is 16.9. The van der Waals surface area contributed by atoms with Crippen LogP contribution in [0.15, 0.2) is 54.7 Å². The van der Waals surface area contributed by atoms with Gasteiger partial charge in [0.25, 0.3) is 0 Å². The molecule has 0 N–H and O–H groups in total. The van der Waals surface area contributed by atoms with Crippen LogP contribution in [0.2, 0.25) is 17.3 Å². The summed E-state index contributed by atoms with van der Waals surface area (Å²) in [6.07, 6.45) is 1.94. The van der Waals surface area contributed by atoms with Gasteiger partial charge in [0.1, 0.15) is 0 Å². The molecule has 120 valence electrons. The van der Waals surface area contributed by atoms with Crippen LogP contribution >= 0.6 is 33.9 Å². The van der Waals surface area contributed by atoms with Crippen molar-refractivity contribution in [3.05, 3.63) is 57.6 Å². The first kappa shape index (κ1) is 16.5. The predicted molar refractivity (Wildman–Crippen MR) is 118 cm³/mol. The van der Waals surface area contributed by atoms with E-state index in [0.29, 0.717) is 0 Å². The first-order valence-corrected chi connectivity index (χ1v) is 17.2. The van der Waals surface area contributed by atoms with E-state index in [1.54, 1.807) is 4.40 Å². The van der Waals surface area contributed by atoms with E-state index in [2.05, 4.69) is 88.4 Å². The van der Waals surface area contributed by atoms with Crippen LogP contribution in [-0.4, -0.2) is 18.3 Å². The van der Waals surface area contributed by atoms with E-state index >= 15 is 0 Å². The van der Waals surface area contributed by atoms with Crippen LogP contribution in [0.25, 0.3) is 32.1 Å². The third kappa shape index (κ3) is 2.91. The molecule has 0 aliphatic heterocycles. The van der Waals surface area contributed by atoms with Crippen molar-refractivity contribution in [2.24, 2.45) is 0 Å². The average Bonchev–Trinajstić information content (AvgIpc) is 2.93. The van der Waals surface area contributed by atoms with Gasteiger partial charge in [-0.2, -0.15) is 0 Å². The summed E-state index contributed by atoms with van der Waals surface area (Å²) < 4.78 is 4.17. The Morgan fingerprint density at radius 1 is 0.958 bits per heavy atom. The number of pyridine rings is 1. The van der Waals surface area contributed by atoms with Gasteiger partial charge in [0, 0.05) is 0 Å². The first-order chi connectivity index (χ1) is 11.4. The molecule has 4 rings (SSSR count). The molecule has 0 bridgehead atoms. The van der Waals surface area contributed by atoms with Gasteiger partial charge in [0.05, 0.1) is 0 Å². The van der Waals surface area contributed by atoms with Crippen LogP contribution in [-0.2, 0) is 0 Å². The standard InChI is InChI=1S/C20H18GeINS/c1-21(2,3)17-11-15(10-13-6-4-5-7-16(13)17)19-20-14(8-9-23-19)12-18(22)24-20/h4-12H,1-3H3. The Morgan fingerprint density at radius 2 is 1.75 bits per heavy atom. The van der Waals surface area contributed by atoms with Crippen LogP contribution in [0.1, 0.15) is 0 Å². The van der Waals surface area contributed by atoms with E-state index < -0.39 is 13.3 Å². The quantitative estimate of drug-likeness (QED) is 0.232. The van der Waals surface area contributed by atoms with Crippen molar-refractivity contribution in [2.45, 2.75) is 17.3 Å². The minimum absolute atomic E-state index is 1.12. The molecule has 2 aromatic carbocycles. The Bertz CT molecular complexity index is 1060. The molecular weight excluding hydrogens is 486 g/mol. The summed E-state index contributed by atoms with van der Waals surface area (Å²) in [5, 5.41) is 4.04. The van der Waals surface area contributed by atoms with Crippen LogP contribution in [0.4, 0.5) is 0 Å². The van der Waals surface area contributed by atoms with Gasteiger partial charge >= 0.3 is 164 Å². The summed E-state index contributed by atoms with van der Waals surface area (Å²) in [7, 11) is 0. The molecule has 0 fully saturated rings. The fourth-order valence-electron chi connectivity index (χ4n) is 3.21. The molecule has 2 heterocycles. The molecule has 0 saturated heterocycles. The van der Waals surface area contributed by atoms with E-state index in [-0.39, 0.29) is 0 Å². The molecule has 1 nitrogen and oxygen atoms in total. The zero-order valence-corrected chi connectivity index (χ0v) is 19.0. The van der Waals surface area contributed by atoms with Gasteiger partial charge in [-0.3, -0.25) is 0 Å². The van der Waals surface area contributed by atoms with Crippen molar-refractivity contribution in [1.82, 2.24) is 4.98 Å². The maximum absolute atomic E-state index is 4.75. The number of hydrogen-bond acceptors (Lipinski definition) is 2. The van der Waals surface area contributed by atoms with Crippen molar-refractivity contribution in [3.63, 3.8) is 0 Å². The van der Waals surface area contributed by atoms with Crippen molar-refractivity contribution < 1.29 is 0 Å². The third-order valence-corrected chi connectivity index (χ3v) is 10.5. The Morgan fingerprint density at radius 3 is 2.54 bits per heavy atom. The molecule has 0 unspecified atom stereocenters. The number of hydrogen-bond donors (Lipinski definition) is 0. The van der Waals surface area contributed by atoms with Crippen molar-refractivity contribution in [1.29, 1.82) is 0 Å². The molecule has 4 heteroatoms. The number of rotatable bonds is 2. The van der Waals surface area contributed by atoms with Gasteiger partial charge in [0.2, 0.25) is 0 Å². The van der Waals surface area contributed by atoms with Gasteiger partial charge in [-0.15, -0.1) is 0 Å². The maximum atomic E-state index is 4.75. The van der Waals surface area contributed by atoms with Gasteiger partial charge in [-0.05, 0) is 0 Å². The molecule has 0 saturated carbocycles. The number of fused-ring (bicyclic) bond motifs is 2. The Labute approximate surface area is 162 Å². The van der Waals surface area contributed by atoms with Gasteiger partial charge < -0.3 is 0 Å². The fourth-order valence-corrected chi connectivity index (χ4v) is 8.50. The third-order valence-electron chi connectivity index (χ3n) is 4.35. The summed E-state index contributed by atoms with van der Waals surface area (Å²) in [5.74, 6) is 7.40. The van der Waals surface area contributed by atoms with E-state index in [1.165, 1.54) is 29.3 Å². The van der Waals surface area contributed by atoms with Crippen molar-refractivity contribution >= 4 is 72.4 Å². The Balaban J connectivity index is 2.06. The van der Waals surface area contributed by atoms with Gasteiger partial charge in [-0.1, -0.05) is 0 Å². The zero-order valence-electron chi connectivity index (χ0n) is 13.9. The SMILES string of the molecule is [CH3][Ge]([CH3])([CH3])[c]1cc(-c2nccc3cc(I)sc23)cc2ccccc12. The number of aromatic nitrogens is 1. The second-order valence-electron chi connectivity index (χ2n) is 7.12. The summed E-state index contributed by atoms with van der Waals surface area (Å²) in [6, 6.07) is 17.9. The van der Waals surface area contributed by atoms with Gasteiger partial charge in [0.15, 0.2) is 0 Å². The van der Waals surface area contributed by atoms with E-state index in [9.17, 15) is 0 Å². The Kier molecular flexibility index (Phi) is 4.21. The topological polar surface area (TPSA) is 12.9 Å². The second kappa shape index (κ2) is 6.11. The predicted octanol–water partition coefficient (Wildman–Crippen LogP) is 6.27. The van der Waals surface area contributed by atoms with E-state index in [0.717, 1.165) is 5.69 Å². The summed E-state index contributed by atoms with van der Waals surface area (Å²) in [5.41, 5.74) is 2.38. The molecule has 0 radical (unpaired) electrons. The molecular formula is C20H18GeINS. The average molecular weight is 504 g/mol. The summed E-state index contributed by atoms with van der Waals surface area (Å²) in [6.45, 7) is 0. The summed E-state index contributed by atoms with van der Waals surface area (Å²) >= 11 is 2.25. The number of benzene rings is 2. The van der Waals surface area contributed by atoms with Crippen LogP contribution < -0.4 is 4.40 Å². The second-order valence-corrected chi connectivity index (χ2v) is 20.6. The normalized spacial score (nSPS) is 12.2. The van der Waals surface area contributed by atoms with E-state index in [4.69, 9.17) is 4.98 Å². The molecule has 24 heavy (non-hydrogen) atoms. The van der Waals surface area contributed by atoms with Crippen LogP contribution in [0.5, 0.6) is 0 Å². The Hall–Kier alpha value is -0.917. The first-order valence-electron chi connectivity index (χ1n) is 8.01. The minimum atomic E-state index is -1.99. The molecule has 2 aromatic heterocycles. The molecule has 0 aliphatic rings. The molecule has 0 amide bonds. The molecule has 4 aromatic rings. The van der Waals surface area contributed by atoms with Crippen LogP contribution in [0.3, 0.4) is 0 Å². The van der Waals surface area contributed by atoms with Gasteiger partial charge in [-0.25, -0.2) is 0 Å². The molecule has 0 spiro atoms. The fraction of sp³-hybridized carbons (Fsp3) is 0.150. The summed E-state index contributed by atoms with van der Waals surface area (Å²) in [4.78, 5) is 4.75. The number of thiophene rings is 1.